The van der Waals surface area contributed by atoms with Crippen molar-refractivity contribution < 1.29 is 46.1 Å². The molecule has 0 atom stereocenters. The molecule has 2 aromatic carbocycles. The standard InChI is InChI=1S/C21H25.C10H15.C3H6.2ClH.Zr/c1-20(2,3)16-7-9-18-14(12-16)11-15-13-17(21(4,5)6)8-10-19(15)18;1-8-5-6-9(7-8)10(2,3)4;1-3-2;;;/h7-13H,1-6H3;7H,6H2,1-4H3;1-2H3;2*1H;/q;;;;;+2/p-2. The van der Waals surface area contributed by atoms with Gasteiger partial charge in [0.2, 0.25) is 0 Å². The molecule has 37 heavy (non-hydrogen) atoms. The molecule has 0 saturated heterocycles. The van der Waals surface area contributed by atoms with E-state index in [0.29, 0.717) is 3.63 Å². The summed E-state index contributed by atoms with van der Waals surface area (Å²) in [7, 11) is 0. The molecule has 0 spiro atoms. The maximum atomic E-state index is 2.59. The zero-order valence-electron chi connectivity index (χ0n) is 25.1. The fourth-order valence-corrected chi connectivity index (χ4v) is 14.4. The quantitative estimate of drug-likeness (QED) is 0.482. The maximum absolute atomic E-state index is 2.59. The van der Waals surface area contributed by atoms with Crippen LogP contribution >= 0.6 is 0 Å². The zero-order chi connectivity index (χ0) is 26.1. The molecule has 4 rings (SSSR count). The van der Waals surface area contributed by atoms with E-state index in [1.807, 2.05) is 3.28 Å². The Hall–Kier alpha value is -0.747. The minimum Gasteiger partial charge on any atom is -1.00 e. The van der Waals surface area contributed by atoms with Crippen molar-refractivity contribution in [3.63, 3.8) is 0 Å². The first-order valence-electron chi connectivity index (χ1n) is 13.4. The van der Waals surface area contributed by atoms with Crippen LogP contribution in [0, 0.1) is 5.41 Å². The van der Waals surface area contributed by atoms with Crippen molar-refractivity contribution in [2.75, 3.05) is 0 Å². The summed E-state index contributed by atoms with van der Waals surface area (Å²) in [6, 6.07) is 14.8. The van der Waals surface area contributed by atoms with E-state index in [1.54, 1.807) is 25.5 Å². The Morgan fingerprint density at radius 1 is 0.703 bits per heavy atom. The molecule has 0 saturated carbocycles. The molecule has 200 valence electrons. The predicted octanol–water partition coefficient (Wildman–Crippen LogP) is 3.84. The molecular weight excluding hydrogens is 571 g/mol. The summed E-state index contributed by atoms with van der Waals surface area (Å²) in [5.41, 5.74) is 12.9. The van der Waals surface area contributed by atoms with Crippen LogP contribution in [-0.4, -0.2) is 3.21 Å². The Kier molecular flexibility index (Phi) is 9.67. The first-order valence-corrected chi connectivity index (χ1v) is 17.3. The number of hydrogen-bond acceptors (Lipinski definition) is 0. The van der Waals surface area contributed by atoms with Crippen LogP contribution in [0.25, 0.3) is 11.1 Å². The Bertz CT molecular complexity index is 1220. The number of hydrogen-bond donors (Lipinski definition) is 0. The van der Waals surface area contributed by atoms with Gasteiger partial charge < -0.3 is 24.8 Å². The maximum Gasteiger partial charge on any atom is -1.00 e. The van der Waals surface area contributed by atoms with Crippen molar-refractivity contribution in [3.8, 4) is 11.1 Å². The van der Waals surface area contributed by atoms with Crippen LogP contribution < -0.4 is 24.8 Å². The summed E-state index contributed by atoms with van der Waals surface area (Å²) in [5.74, 6) is 0. The Balaban J connectivity index is 0.00000241. The second kappa shape index (κ2) is 11.0. The van der Waals surface area contributed by atoms with Crippen LogP contribution in [0.2, 0.25) is 0 Å². The van der Waals surface area contributed by atoms with Crippen LogP contribution in [0.3, 0.4) is 0 Å². The number of rotatable bonds is 2. The molecule has 0 aromatic heterocycles. The summed E-state index contributed by atoms with van der Waals surface area (Å²) in [5, 5.41) is 0. The molecule has 0 N–H and O–H groups in total. The summed E-state index contributed by atoms with van der Waals surface area (Å²) >= 11 is -2.24. The van der Waals surface area contributed by atoms with Gasteiger partial charge in [-0.05, 0) is 0 Å². The number of halogens is 2. The normalized spacial score (nSPS) is 15.3. The average molecular weight is 617 g/mol. The van der Waals surface area contributed by atoms with Crippen molar-refractivity contribution in [2.45, 2.75) is 104 Å². The van der Waals surface area contributed by atoms with Crippen molar-refractivity contribution in [3.05, 3.63) is 79.2 Å². The molecule has 3 heteroatoms. The minimum atomic E-state index is -2.24. The Labute approximate surface area is 247 Å². The van der Waals surface area contributed by atoms with Gasteiger partial charge >= 0.3 is 224 Å². The Morgan fingerprint density at radius 2 is 1.14 bits per heavy atom. The van der Waals surface area contributed by atoms with Crippen LogP contribution in [0.15, 0.2) is 56.9 Å². The van der Waals surface area contributed by atoms with E-state index >= 15 is 0 Å². The van der Waals surface area contributed by atoms with E-state index in [0.717, 1.165) is 0 Å². The van der Waals surface area contributed by atoms with E-state index in [9.17, 15) is 0 Å². The Morgan fingerprint density at radius 3 is 1.46 bits per heavy atom. The van der Waals surface area contributed by atoms with Crippen molar-refractivity contribution in [2.24, 2.45) is 5.41 Å². The van der Waals surface area contributed by atoms with Crippen molar-refractivity contribution in [1.29, 1.82) is 0 Å². The fourth-order valence-electron chi connectivity index (χ4n) is 5.79. The summed E-state index contributed by atoms with van der Waals surface area (Å²) in [6.07, 6.45) is 3.72. The first kappa shape index (κ1) is 32.5. The van der Waals surface area contributed by atoms with E-state index in [1.165, 1.54) is 28.7 Å². The van der Waals surface area contributed by atoms with Gasteiger partial charge in [-0.15, -0.1) is 0 Å². The van der Waals surface area contributed by atoms with Crippen molar-refractivity contribution in [1.82, 2.24) is 0 Å². The first-order chi connectivity index (χ1) is 16.0. The monoisotopic (exact) mass is 614 g/mol. The van der Waals surface area contributed by atoms with Gasteiger partial charge in [0.1, 0.15) is 0 Å². The van der Waals surface area contributed by atoms with Crippen LogP contribution in [0.4, 0.5) is 0 Å². The molecule has 0 fully saturated rings. The molecule has 0 unspecified atom stereocenters. The molecule has 0 nitrogen and oxygen atoms in total. The second-order valence-corrected chi connectivity index (χ2v) is 21.6. The van der Waals surface area contributed by atoms with Gasteiger partial charge in [-0.2, -0.15) is 0 Å². The van der Waals surface area contributed by atoms with E-state index in [-0.39, 0.29) is 41.1 Å². The van der Waals surface area contributed by atoms with Gasteiger partial charge in [-0.25, -0.2) is 0 Å². The minimum absolute atomic E-state index is 0. The SMILES string of the molecule is CC1=[C]([Zr+2](=[C](C)C)[CH]2c3cc(C(C)(C)C)ccc3-c3ccc(C(C)(C)C)cc32)CC(C(C)(C)C)=C1.[Cl-].[Cl-]. The molecule has 2 aliphatic carbocycles. The number of benzene rings is 2. The van der Waals surface area contributed by atoms with Gasteiger partial charge in [0.25, 0.3) is 0 Å². The third-order valence-electron chi connectivity index (χ3n) is 8.10. The van der Waals surface area contributed by atoms with Crippen LogP contribution in [0.5, 0.6) is 0 Å². The second-order valence-electron chi connectivity index (χ2n) is 14.2. The number of allylic oxidation sites excluding steroid dienone is 4. The molecule has 0 radical (unpaired) electrons. The van der Waals surface area contributed by atoms with E-state index < -0.39 is 21.3 Å². The van der Waals surface area contributed by atoms with Gasteiger partial charge in [0.15, 0.2) is 0 Å². The van der Waals surface area contributed by atoms with Crippen LogP contribution in [0.1, 0.15) is 115 Å². The smallest absolute Gasteiger partial charge is 1.00 e. The molecule has 0 amide bonds. The predicted molar refractivity (Wildman–Crippen MR) is 152 cm³/mol. The van der Waals surface area contributed by atoms with Gasteiger partial charge in [0, 0.05) is 0 Å². The van der Waals surface area contributed by atoms with Gasteiger partial charge in [0.05, 0.1) is 0 Å². The zero-order valence-corrected chi connectivity index (χ0v) is 29.1. The van der Waals surface area contributed by atoms with Crippen molar-refractivity contribution >= 4 is 3.21 Å². The van der Waals surface area contributed by atoms with Crippen LogP contribution in [-0.2, 0) is 32.1 Å². The molecule has 0 aliphatic heterocycles. The van der Waals surface area contributed by atoms with E-state index in [4.69, 9.17) is 0 Å². The van der Waals surface area contributed by atoms with Gasteiger partial charge in [-0.3, -0.25) is 0 Å². The third kappa shape index (κ3) is 6.21. The number of fused-ring (bicyclic) bond motifs is 3. The summed E-state index contributed by atoms with van der Waals surface area (Å²) < 4.78 is 4.11. The largest absolute Gasteiger partial charge is 1.00 e. The topological polar surface area (TPSA) is 0 Å². The molecule has 2 aliphatic rings. The molecule has 2 aromatic rings. The van der Waals surface area contributed by atoms with E-state index in [2.05, 4.69) is 126 Å². The van der Waals surface area contributed by atoms with Gasteiger partial charge in [-0.1, -0.05) is 0 Å². The third-order valence-corrected chi connectivity index (χ3v) is 16.7. The summed E-state index contributed by atoms with van der Waals surface area (Å²) in [6.45, 7) is 28.5. The average Bonchev–Trinajstić information content (AvgIpc) is 3.25. The fraction of sp³-hybridized carbons (Fsp3) is 0.500. The summed E-state index contributed by atoms with van der Waals surface area (Å²) in [4.78, 5) is 0. The molecular formula is C34H46Cl2Zr. The molecule has 0 bridgehead atoms. The molecule has 0 heterocycles.